The number of carbonyl (C=O) groups excluding carboxylic acids is 2. The third-order valence-electron chi connectivity index (χ3n) is 3.98. The highest BCUT2D eigenvalue weighted by atomic mass is 35.5. The van der Waals surface area contributed by atoms with E-state index in [1.165, 1.54) is 24.3 Å². The minimum absolute atomic E-state index is 0.104. The number of halogens is 2. The Balaban J connectivity index is 1.80. The molecular weight excluding hydrogens is 439 g/mol. The van der Waals surface area contributed by atoms with Crippen molar-refractivity contribution in [2.24, 2.45) is 0 Å². The molecule has 0 bridgehead atoms. The van der Waals surface area contributed by atoms with Crippen LogP contribution in [0.15, 0.2) is 36.4 Å². The fraction of sp³-hybridized carbons (Fsp3) is 0.222. The monoisotopic (exact) mass is 454 g/mol. The summed E-state index contributed by atoms with van der Waals surface area (Å²) in [5.74, 6) is -1.22. The van der Waals surface area contributed by atoms with E-state index in [2.05, 4.69) is 10.6 Å². The van der Waals surface area contributed by atoms with E-state index in [0.29, 0.717) is 12.8 Å². The zero-order valence-electron chi connectivity index (χ0n) is 15.4. The average Bonchev–Trinajstić information content (AvgIpc) is 2.69. The molecule has 2 aromatic rings. The van der Waals surface area contributed by atoms with Crippen LogP contribution in [0.25, 0.3) is 0 Å². The number of hydrogen-bond acceptors (Lipinski definition) is 6. The lowest BCUT2D eigenvalue weighted by Gasteiger charge is -2.08. The summed E-state index contributed by atoms with van der Waals surface area (Å²) >= 11 is 11.4. The molecule has 0 aliphatic heterocycles. The van der Waals surface area contributed by atoms with Crippen LogP contribution in [0.1, 0.15) is 33.6 Å². The Kier molecular flexibility index (Phi) is 8.07. The van der Waals surface area contributed by atoms with E-state index < -0.39 is 33.0 Å². The summed E-state index contributed by atoms with van der Waals surface area (Å²) in [5, 5.41) is 27.5. The van der Waals surface area contributed by atoms with Crippen molar-refractivity contribution in [1.29, 1.82) is 0 Å². The van der Waals surface area contributed by atoms with Crippen molar-refractivity contribution < 1.29 is 19.4 Å². The third kappa shape index (κ3) is 6.13. The van der Waals surface area contributed by atoms with Crippen LogP contribution in [0.4, 0.5) is 11.4 Å². The van der Waals surface area contributed by atoms with Crippen molar-refractivity contribution in [1.82, 2.24) is 10.6 Å². The van der Waals surface area contributed by atoms with Crippen LogP contribution in [0.3, 0.4) is 0 Å². The number of hydrogen-bond donors (Lipinski definition) is 2. The largest absolute Gasteiger partial charge is 0.352 e. The Hall–Kier alpha value is -3.24. The molecule has 2 aromatic carbocycles. The van der Waals surface area contributed by atoms with E-state index in [0.717, 1.165) is 12.1 Å². The van der Waals surface area contributed by atoms with E-state index in [9.17, 15) is 29.8 Å². The summed E-state index contributed by atoms with van der Waals surface area (Å²) in [5.41, 5.74) is -0.992. The molecule has 10 nitrogen and oxygen atoms in total. The zero-order chi connectivity index (χ0) is 22.3. The lowest BCUT2D eigenvalue weighted by atomic mass is 10.1. The van der Waals surface area contributed by atoms with Crippen LogP contribution < -0.4 is 10.6 Å². The fourth-order valence-corrected chi connectivity index (χ4v) is 2.87. The Labute approximate surface area is 180 Å². The lowest BCUT2D eigenvalue weighted by Crippen LogP contribution is -2.28. The predicted molar refractivity (Wildman–Crippen MR) is 110 cm³/mol. The maximum atomic E-state index is 12.1. The van der Waals surface area contributed by atoms with Gasteiger partial charge in [-0.1, -0.05) is 23.2 Å². The van der Waals surface area contributed by atoms with Crippen LogP contribution >= 0.6 is 23.2 Å². The van der Waals surface area contributed by atoms with Crippen LogP contribution in [0, 0.1) is 20.2 Å². The summed E-state index contributed by atoms with van der Waals surface area (Å²) in [6.07, 6.45) is 0.937. The van der Waals surface area contributed by atoms with Gasteiger partial charge in [-0.2, -0.15) is 0 Å². The maximum absolute atomic E-state index is 12.1. The number of nitro groups is 2. The molecule has 0 heterocycles. The number of rotatable bonds is 9. The van der Waals surface area contributed by atoms with Crippen LogP contribution in [0.5, 0.6) is 0 Å². The molecular formula is C18H16Cl2N4O6. The molecule has 0 aliphatic rings. The predicted octanol–water partition coefficient (Wildman–Crippen LogP) is 3.75. The van der Waals surface area contributed by atoms with Crippen molar-refractivity contribution in [3.05, 3.63) is 77.8 Å². The van der Waals surface area contributed by atoms with Gasteiger partial charge in [0.1, 0.15) is 11.1 Å². The molecule has 12 heteroatoms. The summed E-state index contributed by atoms with van der Waals surface area (Å²) < 4.78 is 0. The highest BCUT2D eigenvalue weighted by Crippen LogP contribution is 2.24. The molecule has 2 amide bonds. The number of nitrogens with zero attached hydrogens (tertiary/aromatic N) is 2. The van der Waals surface area contributed by atoms with Crippen LogP contribution in [-0.4, -0.2) is 34.8 Å². The van der Waals surface area contributed by atoms with Gasteiger partial charge in [0.25, 0.3) is 23.2 Å². The SMILES string of the molecule is O=C(NCCCCNC(=O)c1ccc(Cl)cc1[N+](=O)[O-])c1ccc(Cl)cc1[N+](=O)[O-]. The van der Waals surface area contributed by atoms with E-state index >= 15 is 0 Å². The Morgan fingerprint density at radius 3 is 1.47 bits per heavy atom. The molecule has 158 valence electrons. The van der Waals surface area contributed by atoms with Gasteiger partial charge in [0.05, 0.1) is 9.85 Å². The van der Waals surface area contributed by atoms with Crippen molar-refractivity contribution in [2.45, 2.75) is 12.8 Å². The second kappa shape index (κ2) is 10.5. The van der Waals surface area contributed by atoms with Gasteiger partial charge in [-0.3, -0.25) is 29.8 Å². The first-order chi connectivity index (χ1) is 14.2. The second-order valence-corrected chi connectivity index (χ2v) is 6.93. The van der Waals surface area contributed by atoms with Crippen LogP contribution in [-0.2, 0) is 0 Å². The Morgan fingerprint density at radius 1 is 0.767 bits per heavy atom. The van der Waals surface area contributed by atoms with E-state index in [1.54, 1.807) is 0 Å². The van der Waals surface area contributed by atoms with Gasteiger partial charge in [-0.25, -0.2) is 0 Å². The topological polar surface area (TPSA) is 144 Å². The van der Waals surface area contributed by atoms with E-state index in [-0.39, 0.29) is 34.3 Å². The molecule has 0 aromatic heterocycles. The minimum Gasteiger partial charge on any atom is -0.352 e. The number of unbranched alkanes of at least 4 members (excludes halogenated alkanes) is 1. The Bertz CT molecular complexity index is 919. The molecule has 0 spiro atoms. The zero-order valence-corrected chi connectivity index (χ0v) is 16.9. The number of amides is 2. The molecule has 0 unspecified atom stereocenters. The molecule has 2 rings (SSSR count). The summed E-state index contributed by atoms with van der Waals surface area (Å²) in [6.45, 7) is 0.436. The number of benzene rings is 2. The van der Waals surface area contributed by atoms with E-state index in [4.69, 9.17) is 23.2 Å². The molecule has 0 fully saturated rings. The molecule has 2 N–H and O–H groups in total. The van der Waals surface area contributed by atoms with Crippen LogP contribution in [0.2, 0.25) is 10.0 Å². The van der Waals surface area contributed by atoms with Crippen molar-refractivity contribution in [3.8, 4) is 0 Å². The molecule has 0 saturated carbocycles. The van der Waals surface area contributed by atoms with Gasteiger partial charge in [0.15, 0.2) is 0 Å². The first-order valence-corrected chi connectivity index (χ1v) is 9.40. The van der Waals surface area contributed by atoms with Gasteiger partial charge >= 0.3 is 0 Å². The quantitative estimate of drug-likeness (QED) is 0.335. The maximum Gasteiger partial charge on any atom is 0.283 e. The normalized spacial score (nSPS) is 10.3. The molecule has 0 saturated heterocycles. The average molecular weight is 455 g/mol. The van der Waals surface area contributed by atoms with Crippen molar-refractivity contribution in [2.75, 3.05) is 13.1 Å². The second-order valence-electron chi connectivity index (χ2n) is 6.06. The van der Waals surface area contributed by atoms with Gasteiger partial charge < -0.3 is 10.6 Å². The molecule has 0 radical (unpaired) electrons. The number of nitro benzene ring substituents is 2. The smallest absolute Gasteiger partial charge is 0.283 e. The van der Waals surface area contributed by atoms with Gasteiger partial charge in [0, 0.05) is 35.3 Å². The number of carbonyl (C=O) groups is 2. The summed E-state index contributed by atoms with van der Waals surface area (Å²) in [6, 6.07) is 7.51. The molecule has 30 heavy (non-hydrogen) atoms. The summed E-state index contributed by atoms with van der Waals surface area (Å²) in [7, 11) is 0. The van der Waals surface area contributed by atoms with E-state index in [1.807, 2.05) is 0 Å². The highest BCUT2D eigenvalue weighted by Gasteiger charge is 2.21. The van der Waals surface area contributed by atoms with Crippen molar-refractivity contribution in [3.63, 3.8) is 0 Å². The fourth-order valence-electron chi connectivity index (χ4n) is 2.54. The lowest BCUT2D eigenvalue weighted by molar-refractivity contribution is -0.385. The summed E-state index contributed by atoms with van der Waals surface area (Å²) in [4.78, 5) is 45.0. The highest BCUT2D eigenvalue weighted by molar-refractivity contribution is 6.31. The Morgan fingerprint density at radius 2 is 1.13 bits per heavy atom. The van der Waals surface area contributed by atoms with Gasteiger partial charge in [-0.15, -0.1) is 0 Å². The standard InChI is InChI=1S/C18H16Cl2N4O6/c19-11-3-5-13(15(9-11)23(27)28)17(25)21-7-1-2-8-22-18(26)14-6-4-12(20)10-16(14)24(29)30/h3-6,9-10H,1-2,7-8H2,(H,21,25)(H,22,26). The number of nitrogens with one attached hydrogen (secondary N) is 2. The third-order valence-corrected chi connectivity index (χ3v) is 4.45. The van der Waals surface area contributed by atoms with Gasteiger partial charge in [-0.05, 0) is 37.1 Å². The first-order valence-electron chi connectivity index (χ1n) is 8.65. The molecule has 0 aliphatic carbocycles. The first kappa shape index (κ1) is 23.0. The molecule has 0 atom stereocenters. The van der Waals surface area contributed by atoms with Gasteiger partial charge in [0.2, 0.25) is 0 Å². The minimum atomic E-state index is -0.688. The van der Waals surface area contributed by atoms with Crippen molar-refractivity contribution >= 4 is 46.4 Å².